The first-order valence-corrected chi connectivity index (χ1v) is 9.19. The van der Waals surface area contributed by atoms with Gasteiger partial charge in [-0.1, -0.05) is 17.7 Å². The zero-order valence-corrected chi connectivity index (χ0v) is 15.7. The minimum atomic E-state index is -0.450. The number of halogens is 1. The second kappa shape index (κ2) is 7.36. The van der Waals surface area contributed by atoms with E-state index >= 15 is 0 Å². The highest BCUT2D eigenvalue weighted by molar-refractivity contribution is 7.81. The van der Waals surface area contributed by atoms with Crippen LogP contribution in [-0.2, 0) is 4.79 Å². The summed E-state index contributed by atoms with van der Waals surface area (Å²) < 4.78 is 0. The summed E-state index contributed by atoms with van der Waals surface area (Å²) in [6, 6.07) is 12.8. The van der Waals surface area contributed by atoms with Gasteiger partial charge in [-0.15, -0.1) is 24.0 Å². The van der Waals surface area contributed by atoms with Crippen LogP contribution < -0.4 is 10.6 Å². The lowest BCUT2D eigenvalue weighted by atomic mass is 9.93. The number of thiol groups is 1. The van der Waals surface area contributed by atoms with Gasteiger partial charge in [-0.05, 0) is 42.6 Å². The number of nitrogens with one attached hydrogen (secondary N) is 2. The molecule has 25 heavy (non-hydrogen) atoms. The first kappa shape index (κ1) is 17.6. The number of nitrogens with zero attached hydrogens (tertiary/aromatic N) is 1. The number of hydrogen-bond donors (Lipinski definition) is 3. The van der Waals surface area contributed by atoms with E-state index in [9.17, 15) is 10.1 Å². The molecule has 7 heteroatoms. The van der Waals surface area contributed by atoms with E-state index in [-0.39, 0.29) is 5.91 Å². The fraction of sp³-hybridized carbons (Fsp3) is 0.111. The highest BCUT2D eigenvalue weighted by atomic mass is 35.5. The molecule has 1 amide bonds. The Morgan fingerprint density at radius 3 is 2.68 bits per heavy atom. The fourth-order valence-corrected chi connectivity index (χ4v) is 3.91. The lowest BCUT2D eigenvalue weighted by molar-refractivity contribution is -0.112. The van der Waals surface area contributed by atoms with Crippen LogP contribution >= 0.6 is 35.6 Å². The first-order chi connectivity index (χ1) is 12.0. The Morgan fingerprint density at radius 1 is 1.36 bits per heavy atom. The molecule has 3 rings (SSSR count). The molecule has 1 aromatic heterocycles. The molecule has 1 aliphatic rings. The maximum Gasteiger partial charge on any atom is 0.258 e. The lowest BCUT2D eigenvalue weighted by Gasteiger charge is -2.26. The van der Waals surface area contributed by atoms with E-state index < -0.39 is 5.37 Å². The van der Waals surface area contributed by atoms with Gasteiger partial charge in [0, 0.05) is 26.9 Å². The number of thiophene rings is 1. The normalized spacial score (nSPS) is 17.1. The molecule has 0 fully saturated rings. The summed E-state index contributed by atoms with van der Waals surface area (Å²) in [6.07, 6.45) is 0. The molecule has 0 aliphatic carbocycles. The summed E-state index contributed by atoms with van der Waals surface area (Å²) in [5, 5.41) is 17.6. The second-order valence-electron chi connectivity index (χ2n) is 5.39. The number of anilines is 1. The summed E-state index contributed by atoms with van der Waals surface area (Å²) in [5.41, 5.74) is 2.80. The fourth-order valence-electron chi connectivity index (χ4n) is 2.61. The number of carbonyl (C=O) groups is 1. The van der Waals surface area contributed by atoms with Gasteiger partial charge in [0.1, 0.15) is 5.37 Å². The predicted molar refractivity (Wildman–Crippen MR) is 106 cm³/mol. The van der Waals surface area contributed by atoms with E-state index in [4.69, 9.17) is 11.6 Å². The van der Waals surface area contributed by atoms with Gasteiger partial charge in [0.25, 0.3) is 5.91 Å². The summed E-state index contributed by atoms with van der Waals surface area (Å²) >= 11 is 11.8. The van der Waals surface area contributed by atoms with Crippen LogP contribution in [0.2, 0.25) is 5.02 Å². The Bertz CT molecular complexity index is 909. The van der Waals surface area contributed by atoms with Gasteiger partial charge in [0.15, 0.2) is 0 Å². The highest BCUT2D eigenvalue weighted by Gasteiger charge is 2.30. The van der Waals surface area contributed by atoms with Crippen LogP contribution in [-0.4, -0.2) is 11.3 Å². The quantitative estimate of drug-likeness (QED) is 0.681. The van der Waals surface area contributed by atoms with Crippen molar-refractivity contribution in [1.29, 1.82) is 5.26 Å². The number of carbonyl (C=O) groups excluding carboxylic acids is 1. The van der Waals surface area contributed by atoms with Crippen molar-refractivity contribution in [3.8, 4) is 6.07 Å². The highest BCUT2D eigenvalue weighted by Crippen LogP contribution is 2.37. The molecule has 1 atom stereocenters. The van der Waals surface area contributed by atoms with Gasteiger partial charge >= 0.3 is 0 Å². The number of rotatable bonds is 3. The molecule has 0 radical (unpaired) electrons. The minimum absolute atomic E-state index is 0.288. The van der Waals surface area contributed by atoms with Crippen molar-refractivity contribution in [3.05, 3.63) is 68.5 Å². The standard InChI is InChI=1S/C18H14ClN3OS2/c1-10-15(17(23)22-12-6-4-11(19)5-7-12)16(14-3-2-8-25-14)13(9-20)18(24)21-10/h2-8,18,21,24H,1H3,(H,22,23)/t18-/m1/s1. The third-order valence-corrected chi connectivity index (χ3v) is 5.26. The summed E-state index contributed by atoms with van der Waals surface area (Å²) in [4.78, 5) is 13.8. The Labute approximate surface area is 160 Å². The largest absolute Gasteiger partial charge is 0.372 e. The average Bonchev–Trinajstić information content (AvgIpc) is 3.10. The van der Waals surface area contributed by atoms with Crippen molar-refractivity contribution in [2.45, 2.75) is 12.3 Å². The number of benzene rings is 1. The Balaban J connectivity index is 2.04. The Kier molecular flexibility index (Phi) is 5.19. The SMILES string of the molecule is CC1=C(C(=O)Nc2ccc(Cl)cc2)C(c2cccs2)=C(C#N)[C@@H](S)N1. The molecule has 0 spiro atoms. The van der Waals surface area contributed by atoms with Crippen LogP contribution in [0.15, 0.2) is 58.6 Å². The van der Waals surface area contributed by atoms with Gasteiger partial charge in [0.2, 0.25) is 0 Å². The molecular formula is C18H14ClN3OS2. The summed E-state index contributed by atoms with van der Waals surface area (Å²) in [6.45, 7) is 1.81. The van der Waals surface area contributed by atoms with Crippen molar-refractivity contribution in [2.75, 3.05) is 5.32 Å². The third kappa shape index (κ3) is 3.59. The average molecular weight is 388 g/mol. The van der Waals surface area contributed by atoms with Crippen molar-refractivity contribution in [2.24, 2.45) is 0 Å². The van der Waals surface area contributed by atoms with E-state index in [1.54, 1.807) is 24.3 Å². The molecule has 2 heterocycles. The van der Waals surface area contributed by atoms with Crippen LogP contribution in [0.25, 0.3) is 5.57 Å². The molecule has 0 saturated heterocycles. The monoisotopic (exact) mass is 387 g/mol. The Hall–Kier alpha value is -2.20. The molecule has 4 nitrogen and oxygen atoms in total. The van der Waals surface area contributed by atoms with Gasteiger partial charge in [-0.25, -0.2) is 0 Å². The molecule has 2 aromatic rings. The first-order valence-electron chi connectivity index (χ1n) is 7.42. The van der Waals surface area contributed by atoms with Crippen LogP contribution in [0.3, 0.4) is 0 Å². The maximum atomic E-state index is 12.9. The summed E-state index contributed by atoms with van der Waals surface area (Å²) in [7, 11) is 0. The number of nitriles is 1. The predicted octanol–water partition coefficient (Wildman–Crippen LogP) is 4.45. The summed E-state index contributed by atoms with van der Waals surface area (Å²) in [5.74, 6) is -0.288. The van der Waals surface area contributed by atoms with Gasteiger partial charge in [-0.2, -0.15) is 5.26 Å². The van der Waals surface area contributed by atoms with E-state index in [2.05, 4.69) is 29.3 Å². The van der Waals surface area contributed by atoms with E-state index in [1.807, 2.05) is 24.4 Å². The van der Waals surface area contributed by atoms with Gasteiger partial charge < -0.3 is 10.6 Å². The van der Waals surface area contributed by atoms with E-state index in [1.165, 1.54) is 11.3 Å². The van der Waals surface area contributed by atoms with Crippen molar-refractivity contribution in [3.63, 3.8) is 0 Å². The second-order valence-corrected chi connectivity index (χ2v) is 7.29. The minimum Gasteiger partial charge on any atom is -0.372 e. The van der Waals surface area contributed by atoms with Crippen LogP contribution in [0, 0.1) is 11.3 Å². The number of amides is 1. The molecule has 0 bridgehead atoms. The van der Waals surface area contributed by atoms with Crippen LogP contribution in [0.1, 0.15) is 11.8 Å². The number of dihydropyridines is 1. The van der Waals surface area contributed by atoms with E-state index in [0.717, 1.165) is 4.88 Å². The number of hydrogen-bond acceptors (Lipinski definition) is 5. The zero-order valence-electron chi connectivity index (χ0n) is 13.2. The van der Waals surface area contributed by atoms with Gasteiger partial charge in [0.05, 0.1) is 17.2 Å². The zero-order chi connectivity index (χ0) is 18.0. The number of allylic oxidation sites excluding steroid dienone is 1. The molecule has 0 saturated carbocycles. The third-order valence-electron chi connectivity index (χ3n) is 3.74. The molecule has 1 aromatic carbocycles. The maximum absolute atomic E-state index is 12.9. The molecule has 2 N–H and O–H groups in total. The lowest BCUT2D eigenvalue weighted by Crippen LogP contribution is -2.33. The van der Waals surface area contributed by atoms with Crippen LogP contribution in [0.4, 0.5) is 5.69 Å². The van der Waals surface area contributed by atoms with Crippen molar-refractivity contribution >= 4 is 52.7 Å². The van der Waals surface area contributed by atoms with E-state index in [0.29, 0.717) is 33.1 Å². The van der Waals surface area contributed by atoms with Crippen LogP contribution in [0.5, 0.6) is 0 Å². The topological polar surface area (TPSA) is 64.9 Å². The molecule has 1 aliphatic heterocycles. The molecular weight excluding hydrogens is 374 g/mol. The van der Waals surface area contributed by atoms with Gasteiger partial charge in [-0.3, -0.25) is 4.79 Å². The van der Waals surface area contributed by atoms with Crippen molar-refractivity contribution < 1.29 is 4.79 Å². The Morgan fingerprint density at radius 2 is 2.08 bits per heavy atom. The molecule has 126 valence electrons. The molecule has 0 unspecified atom stereocenters. The smallest absolute Gasteiger partial charge is 0.258 e. The van der Waals surface area contributed by atoms with Crippen molar-refractivity contribution in [1.82, 2.24) is 5.32 Å².